The molecule has 0 aliphatic rings. The van der Waals surface area contributed by atoms with E-state index >= 15 is 0 Å². The molecule has 1 aromatic rings. The molecule has 17 heavy (non-hydrogen) atoms. The molecule has 2 N–H and O–H groups in total. The first kappa shape index (κ1) is 13.5. The van der Waals surface area contributed by atoms with E-state index in [-0.39, 0.29) is 0 Å². The van der Waals surface area contributed by atoms with E-state index in [0.29, 0.717) is 13.2 Å². The van der Waals surface area contributed by atoms with Gasteiger partial charge >= 0.3 is 5.97 Å². The molecule has 0 spiro atoms. The van der Waals surface area contributed by atoms with Crippen LogP contribution in [0.2, 0.25) is 0 Å². The Morgan fingerprint density at radius 1 is 1.35 bits per heavy atom. The number of hydrogen-bond acceptors (Lipinski definition) is 3. The highest BCUT2D eigenvalue weighted by atomic mass is 16.5. The molecular weight excluding hydrogens is 218 g/mol. The second kappa shape index (κ2) is 6.25. The first-order valence-corrected chi connectivity index (χ1v) is 5.66. The molecule has 1 unspecified atom stereocenters. The van der Waals surface area contributed by atoms with Gasteiger partial charge in [0.25, 0.3) is 0 Å². The van der Waals surface area contributed by atoms with Gasteiger partial charge in [-0.3, -0.25) is 4.79 Å². The number of benzene rings is 1. The fraction of sp³-hybridized carbons (Fsp3) is 0.462. The van der Waals surface area contributed by atoms with E-state index in [9.17, 15) is 4.79 Å². The fourth-order valence-electron chi connectivity index (χ4n) is 1.55. The zero-order chi connectivity index (χ0) is 12.8. The molecule has 0 aromatic heterocycles. The van der Waals surface area contributed by atoms with E-state index in [1.807, 2.05) is 26.0 Å². The van der Waals surface area contributed by atoms with E-state index in [1.165, 1.54) is 0 Å². The van der Waals surface area contributed by atoms with Crippen LogP contribution in [0.4, 0.5) is 0 Å². The van der Waals surface area contributed by atoms with Gasteiger partial charge in [0.05, 0.1) is 0 Å². The summed E-state index contributed by atoms with van der Waals surface area (Å²) >= 11 is 0. The van der Waals surface area contributed by atoms with Crippen LogP contribution in [0.3, 0.4) is 0 Å². The average molecular weight is 237 g/mol. The van der Waals surface area contributed by atoms with Crippen LogP contribution >= 0.6 is 0 Å². The second-order valence-corrected chi connectivity index (χ2v) is 4.19. The molecule has 0 radical (unpaired) electrons. The maximum absolute atomic E-state index is 10.5. The van der Waals surface area contributed by atoms with Crippen LogP contribution < -0.4 is 10.1 Å². The molecule has 0 bridgehead atoms. The Bertz CT molecular complexity index is 370. The van der Waals surface area contributed by atoms with Crippen LogP contribution in [0.25, 0.3) is 0 Å². The Kier molecular flexibility index (Phi) is 4.97. The van der Waals surface area contributed by atoms with Crippen molar-refractivity contribution in [3.8, 4) is 5.75 Å². The number of ether oxygens (including phenoxy) is 1. The molecule has 1 aromatic carbocycles. The summed E-state index contributed by atoms with van der Waals surface area (Å²) in [6, 6.07) is 5.47. The van der Waals surface area contributed by atoms with Gasteiger partial charge in [0.15, 0.2) is 0 Å². The third-order valence-electron chi connectivity index (χ3n) is 2.39. The molecule has 0 aliphatic carbocycles. The van der Waals surface area contributed by atoms with Gasteiger partial charge in [-0.15, -0.1) is 0 Å². The van der Waals surface area contributed by atoms with Crippen LogP contribution in [0.5, 0.6) is 5.75 Å². The van der Waals surface area contributed by atoms with Crippen molar-refractivity contribution in [2.75, 3.05) is 13.2 Å². The van der Waals surface area contributed by atoms with Gasteiger partial charge < -0.3 is 15.2 Å². The number of carboxylic acid groups (broad SMARTS) is 1. The van der Waals surface area contributed by atoms with Crippen molar-refractivity contribution in [3.63, 3.8) is 0 Å². The minimum atomic E-state index is -0.851. The highest BCUT2D eigenvalue weighted by molar-refractivity contribution is 5.72. The van der Waals surface area contributed by atoms with Gasteiger partial charge in [0, 0.05) is 6.54 Å². The van der Waals surface area contributed by atoms with E-state index in [1.54, 1.807) is 6.92 Å². The molecule has 0 aliphatic heterocycles. The number of rotatable bonds is 6. The number of carboxylic acids is 1. The van der Waals surface area contributed by atoms with Crippen molar-refractivity contribution in [1.29, 1.82) is 0 Å². The Morgan fingerprint density at radius 2 is 1.94 bits per heavy atom. The Balaban J connectivity index is 2.33. The minimum absolute atomic E-state index is 0.459. The molecule has 0 amide bonds. The summed E-state index contributed by atoms with van der Waals surface area (Å²) in [5.41, 5.74) is 2.32. The quantitative estimate of drug-likeness (QED) is 0.740. The van der Waals surface area contributed by atoms with Gasteiger partial charge in [-0.2, -0.15) is 0 Å². The second-order valence-electron chi connectivity index (χ2n) is 4.19. The lowest BCUT2D eigenvalue weighted by Gasteiger charge is -2.11. The zero-order valence-electron chi connectivity index (χ0n) is 10.5. The minimum Gasteiger partial charge on any atom is -0.492 e. The molecule has 4 heteroatoms. The topological polar surface area (TPSA) is 58.6 Å². The summed E-state index contributed by atoms with van der Waals surface area (Å²) in [5.74, 6) is -0.0244. The number of hydrogen-bond donors (Lipinski definition) is 2. The van der Waals surface area contributed by atoms with Gasteiger partial charge in [0.1, 0.15) is 18.4 Å². The number of aryl methyl sites for hydroxylation is 2. The smallest absolute Gasteiger partial charge is 0.320 e. The third kappa shape index (κ3) is 4.87. The van der Waals surface area contributed by atoms with Crippen molar-refractivity contribution < 1.29 is 14.6 Å². The van der Waals surface area contributed by atoms with Crippen LogP contribution in [0, 0.1) is 13.8 Å². The van der Waals surface area contributed by atoms with Crippen molar-refractivity contribution in [1.82, 2.24) is 5.32 Å². The number of aliphatic carboxylic acids is 1. The largest absolute Gasteiger partial charge is 0.492 e. The summed E-state index contributed by atoms with van der Waals surface area (Å²) in [5, 5.41) is 11.5. The molecule has 4 nitrogen and oxygen atoms in total. The number of carbonyl (C=O) groups is 1. The summed E-state index contributed by atoms with van der Waals surface area (Å²) in [7, 11) is 0. The molecular formula is C13H19NO3. The van der Waals surface area contributed by atoms with E-state index in [0.717, 1.165) is 16.9 Å². The van der Waals surface area contributed by atoms with Crippen molar-refractivity contribution in [2.24, 2.45) is 0 Å². The summed E-state index contributed by atoms with van der Waals surface area (Å²) in [6.45, 7) is 6.62. The monoisotopic (exact) mass is 237 g/mol. The Labute approximate surface area is 102 Å². The first-order chi connectivity index (χ1) is 7.99. The standard InChI is InChI=1S/C13H19NO3/c1-9-6-10(2)8-12(7-9)17-5-4-14-11(3)13(15)16/h6-8,11,14H,4-5H2,1-3H3,(H,15,16). The van der Waals surface area contributed by atoms with Crippen LogP contribution in [0.1, 0.15) is 18.1 Å². The van der Waals surface area contributed by atoms with E-state index in [4.69, 9.17) is 9.84 Å². The molecule has 0 saturated heterocycles. The molecule has 1 atom stereocenters. The first-order valence-electron chi connectivity index (χ1n) is 5.66. The fourth-order valence-corrected chi connectivity index (χ4v) is 1.55. The molecule has 0 fully saturated rings. The van der Waals surface area contributed by atoms with E-state index in [2.05, 4.69) is 11.4 Å². The van der Waals surface area contributed by atoms with E-state index < -0.39 is 12.0 Å². The normalized spacial score (nSPS) is 12.2. The highest BCUT2D eigenvalue weighted by Crippen LogP contribution is 2.15. The van der Waals surface area contributed by atoms with Crippen molar-refractivity contribution >= 4 is 5.97 Å². The lowest BCUT2D eigenvalue weighted by Crippen LogP contribution is -2.36. The Morgan fingerprint density at radius 3 is 2.47 bits per heavy atom. The summed E-state index contributed by atoms with van der Waals surface area (Å²) < 4.78 is 5.54. The predicted octanol–water partition coefficient (Wildman–Crippen LogP) is 1.74. The highest BCUT2D eigenvalue weighted by Gasteiger charge is 2.08. The molecule has 1 rings (SSSR count). The number of nitrogens with one attached hydrogen (secondary N) is 1. The molecule has 0 heterocycles. The van der Waals surface area contributed by atoms with Crippen LogP contribution in [0.15, 0.2) is 18.2 Å². The van der Waals surface area contributed by atoms with Crippen molar-refractivity contribution in [3.05, 3.63) is 29.3 Å². The Hall–Kier alpha value is -1.55. The maximum atomic E-state index is 10.5. The summed E-state index contributed by atoms with van der Waals surface area (Å²) in [4.78, 5) is 10.5. The maximum Gasteiger partial charge on any atom is 0.320 e. The predicted molar refractivity (Wildman–Crippen MR) is 66.5 cm³/mol. The lowest BCUT2D eigenvalue weighted by molar-refractivity contribution is -0.139. The van der Waals surface area contributed by atoms with Crippen molar-refractivity contribution in [2.45, 2.75) is 26.8 Å². The SMILES string of the molecule is Cc1cc(C)cc(OCCNC(C)C(=O)O)c1. The van der Waals surface area contributed by atoms with Gasteiger partial charge in [-0.25, -0.2) is 0 Å². The third-order valence-corrected chi connectivity index (χ3v) is 2.39. The average Bonchev–Trinajstić information content (AvgIpc) is 2.22. The lowest BCUT2D eigenvalue weighted by atomic mass is 10.1. The molecule has 0 saturated carbocycles. The van der Waals surface area contributed by atoms with Crippen LogP contribution in [-0.2, 0) is 4.79 Å². The van der Waals surface area contributed by atoms with Gasteiger partial charge in [-0.1, -0.05) is 6.07 Å². The summed E-state index contributed by atoms with van der Waals surface area (Å²) in [6.07, 6.45) is 0. The zero-order valence-corrected chi connectivity index (χ0v) is 10.5. The molecule has 94 valence electrons. The van der Waals surface area contributed by atoms with Gasteiger partial charge in [-0.05, 0) is 44.0 Å². The van der Waals surface area contributed by atoms with Gasteiger partial charge in [0.2, 0.25) is 0 Å². The van der Waals surface area contributed by atoms with Crippen LogP contribution in [-0.4, -0.2) is 30.3 Å².